The summed E-state index contributed by atoms with van der Waals surface area (Å²) in [6.07, 6.45) is 2.86. The maximum Gasteiger partial charge on any atom is 0.331 e. The highest BCUT2D eigenvalue weighted by molar-refractivity contribution is 6.01. The molecule has 24 heavy (non-hydrogen) atoms. The second-order valence-corrected chi connectivity index (χ2v) is 5.07. The zero-order valence-corrected chi connectivity index (χ0v) is 13.4. The molecule has 0 aliphatic rings. The van der Waals surface area contributed by atoms with Crippen molar-refractivity contribution in [1.82, 2.24) is 0 Å². The lowest BCUT2D eigenvalue weighted by atomic mass is 10.1. The number of Topliss-reactive ketones (excluding diaryl/α,β-unsaturated/α-hetero) is 1. The largest absolute Gasteiger partial charge is 0.496 e. The summed E-state index contributed by atoms with van der Waals surface area (Å²) in [5.74, 6) is -1.52. The Kier molecular flexibility index (Phi) is 5.84. The van der Waals surface area contributed by atoms with Gasteiger partial charge in [-0.2, -0.15) is 0 Å². The zero-order chi connectivity index (χ0) is 17.5. The van der Waals surface area contributed by atoms with Gasteiger partial charge in [0.25, 0.3) is 0 Å². The van der Waals surface area contributed by atoms with Gasteiger partial charge in [-0.1, -0.05) is 24.3 Å². The number of methoxy groups -OCH3 is 1. The van der Waals surface area contributed by atoms with Crippen LogP contribution in [0.5, 0.6) is 5.75 Å². The molecule has 0 fully saturated rings. The summed E-state index contributed by atoms with van der Waals surface area (Å²) in [5.41, 5.74) is 1.93. The number of ether oxygens (including phenoxy) is 2. The molecule has 0 saturated heterocycles. The minimum atomic E-state index is -0.651. The molecule has 0 atom stereocenters. The fraction of sp³-hybridized carbons (Fsp3) is 0.158. The Labute approximate surface area is 139 Å². The SMILES string of the molecule is COc1ccc(F)cc1C(=O)COC(=O)/C=C/c1ccccc1C. The monoisotopic (exact) mass is 328 g/mol. The van der Waals surface area contributed by atoms with Crippen LogP contribution in [-0.2, 0) is 9.53 Å². The number of rotatable bonds is 6. The van der Waals surface area contributed by atoms with Crippen molar-refractivity contribution >= 4 is 17.8 Å². The van der Waals surface area contributed by atoms with Crippen LogP contribution in [0.3, 0.4) is 0 Å². The van der Waals surface area contributed by atoms with Gasteiger partial charge in [-0.15, -0.1) is 0 Å². The van der Waals surface area contributed by atoms with Gasteiger partial charge in [-0.05, 0) is 42.3 Å². The second kappa shape index (κ2) is 8.06. The highest BCUT2D eigenvalue weighted by atomic mass is 19.1. The van der Waals surface area contributed by atoms with Crippen molar-refractivity contribution < 1.29 is 23.5 Å². The van der Waals surface area contributed by atoms with Crippen molar-refractivity contribution in [1.29, 1.82) is 0 Å². The van der Waals surface area contributed by atoms with Gasteiger partial charge in [0.05, 0.1) is 12.7 Å². The molecule has 124 valence electrons. The van der Waals surface area contributed by atoms with Crippen LogP contribution in [0, 0.1) is 12.7 Å². The Morgan fingerprint density at radius 1 is 1.17 bits per heavy atom. The van der Waals surface area contributed by atoms with E-state index in [1.165, 1.54) is 25.3 Å². The van der Waals surface area contributed by atoms with Gasteiger partial charge in [-0.25, -0.2) is 9.18 Å². The summed E-state index contributed by atoms with van der Waals surface area (Å²) < 4.78 is 23.2. The molecule has 0 amide bonds. The number of carbonyl (C=O) groups is 2. The fourth-order valence-corrected chi connectivity index (χ4v) is 2.09. The highest BCUT2D eigenvalue weighted by Gasteiger charge is 2.15. The maximum atomic E-state index is 13.3. The molecule has 2 aromatic carbocycles. The molecule has 0 unspecified atom stereocenters. The second-order valence-electron chi connectivity index (χ2n) is 5.07. The van der Waals surface area contributed by atoms with Crippen molar-refractivity contribution in [3.8, 4) is 5.75 Å². The van der Waals surface area contributed by atoms with E-state index in [1.807, 2.05) is 31.2 Å². The molecule has 0 heterocycles. The normalized spacial score (nSPS) is 10.6. The van der Waals surface area contributed by atoms with Crippen molar-refractivity contribution in [2.75, 3.05) is 13.7 Å². The summed E-state index contributed by atoms with van der Waals surface area (Å²) >= 11 is 0. The van der Waals surface area contributed by atoms with Gasteiger partial charge < -0.3 is 9.47 Å². The van der Waals surface area contributed by atoms with E-state index in [0.717, 1.165) is 17.2 Å². The van der Waals surface area contributed by atoms with Crippen LogP contribution in [0.2, 0.25) is 0 Å². The zero-order valence-electron chi connectivity index (χ0n) is 13.4. The van der Waals surface area contributed by atoms with Crippen LogP contribution in [0.15, 0.2) is 48.5 Å². The Hall–Kier alpha value is -2.95. The van der Waals surface area contributed by atoms with E-state index in [-0.39, 0.29) is 11.3 Å². The lowest BCUT2D eigenvalue weighted by Gasteiger charge is -2.07. The molecular weight excluding hydrogens is 311 g/mol. The lowest BCUT2D eigenvalue weighted by Crippen LogP contribution is -2.13. The lowest BCUT2D eigenvalue weighted by molar-refractivity contribution is -0.136. The smallest absolute Gasteiger partial charge is 0.331 e. The van der Waals surface area contributed by atoms with Crippen LogP contribution in [0.4, 0.5) is 4.39 Å². The Balaban J connectivity index is 1.98. The third-order valence-electron chi connectivity index (χ3n) is 3.39. The Morgan fingerprint density at radius 2 is 1.92 bits per heavy atom. The third-order valence-corrected chi connectivity index (χ3v) is 3.39. The Morgan fingerprint density at radius 3 is 2.62 bits per heavy atom. The van der Waals surface area contributed by atoms with Gasteiger partial charge in [0.15, 0.2) is 6.61 Å². The van der Waals surface area contributed by atoms with Crippen LogP contribution >= 0.6 is 0 Å². The van der Waals surface area contributed by atoms with E-state index in [0.29, 0.717) is 0 Å². The van der Waals surface area contributed by atoms with Gasteiger partial charge in [0, 0.05) is 6.08 Å². The van der Waals surface area contributed by atoms with Crippen molar-refractivity contribution in [2.45, 2.75) is 6.92 Å². The number of esters is 1. The van der Waals surface area contributed by atoms with Crippen LogP contribution in [0.25, 0.3) is 6.08 Å². The average Bonchev–Trinajstić information content (AvgIpc) is 2.59. The van der Waals surface area contributed by atoms with E-state index in [2.05, 4.69) is 0 Å². The molecule has 0 aliphatic heterocycles. The van der Waals surface area contributed by atoms with Gasteiger partial charge >= 0.3 is 5.97 Å². The average molecular weight is 328 g/mol. The van der Waals surface area contributed by atoms with E-state index in [1.54, 1.807) is 6.08 Å². The molecule has 0 aromatic heterocycles. The summed E-state index contributed by atoms with van der Waals surface area (Å²) in [6.45, 7) is 1.43. The molecule has 2 aromatic rings. The van der Waals surface area contributed by atoms with Crippen LogP contribution < -0.4 is 4.74 Å². The topological polar surface area (TPSA) is 52.6 Å². The molecule has 0 spiro atoms. The molecule has 0 aliphatic carbocycles. The molecule has 2 rings (SSSR count). The molecule has 0 bridgehead atoms. The third kappa shape index (κ3) is 4.52. The van der Waals surface area contributed by atoms with Crippen LogP contribution in [-0.4, -0.2) is 25.5 Å². The molecule has 4 nitrogen and oxygen atoms in total. The quantitative estimate of drug-likeness (QED) is 0.462. The molecular formula is C19H17FO4. The van der Waals surface area contributed by atoms with Gasteiger partial charge in [-0.3, -0.25) is 4.79 Å². The number of aryl methyl sites for hydroxylation is 1. The number of benzene rings is 2. The van der Waals surface area contributed by atoms with Crippen molar-refractivity contribution in [3.63, 3.8) is 0 Å². The Bertz CT molecular complexity index is 781. The first kappa shape index (κ1) is 17.4. The fourth-order valence-electron chi connectivity index (χ4n) is 2.09. The number of ketones is 1. The predicted octanol–water partition coefficient (Wildman–Crippen LogP) is 3.58. The van der Waals surface area contributed by atoms with Gasteiger partial charge in [0.1, 0.15) is 11.6 Å². The van der Waals surface area contributed by atoms with E-state index in [4.69, 9.17) is 9.47 Å². The minimum Gasteiger partial charge on any atom is -0.496 e. The summed E-state index contributed by atoms with van der Waals surface area (Å²) in [6, 6.07) is 11.1. The first-order valence-corrected chi connectivity index (χ1v) is 7.28. The van der Waals surface area contributed by atoms with Crippen molar-refractivity contribution in [3.05, 3.63) is 71.0 Å². The first-order chi connectivity index (χ1) is 11.5. The molecule has 0 saturated carbocycles. The number of hydrogen-bond acceptors (Lipinski definition) is 4. The highest BCUT2D eigenvalue weighted by Crippen LogP contribution is 2.20. The summed E-state index contributed by atoms with van der Waals surface area (Å²) in [7, 11) is 1.38. The number of carbonyl (C=O) groups excluding carboxylic acids is 2. The van der Waals surface area contributed by atoms with E-state index >= 15 is 0 Å². The molecule has 0 N–H and O–H groups in total. The number of hydrogen-bond donors (Lipinski definition) is 0. The van der Waals surface area contributed by atoms with E-state index in [9.17, 15) is 14.0 Å². The summed E-state index contributed by atoms with van der Waals surface area (Å²) in [5, 5.41) is 0. The van der Waals surface area contributed by atoms with Gasteiger partial charge in [0.2, 0.25) is 5.78 Å². The standard InChI is InChI=1S/C19H17FO4/c1-13-5-3-4-6-14(13)7-10-19(22)24-12-17(21)16-11-15(20)8-9-18(16)23-2/h3-11H,12H2,1-2H3/b10-7+. The van der Waals surface area contributed by atoms with Crippen molar-refractivity contribution in [2.24, 2.45) is 0 Å². The molecule has 5 heteroatoms. The molecule has 0 radical (unpaired) electrons. The van der Waals surface area contributed by atoms with Crippen LogP contribution in [0.1, 0.15) is 21.5 Å². The maximum absolute atomic E-state index is 13.3. The summed E-state index contributed by atoms with van der Waals surface area (Å²) in [4.78, 5) is 23.8. The minimum absolute atomic E-state index is 0.0354. The first-order valence-electron chi connectivity index (χ1n) is 7.28. The van der Waals surface area contributed by atoms with E-state index < -0.39 is 24.2 Å². The predicted molar refractivity (Wildman–Crippen MR) is 88.5 cm³/mol. The number of halogens is 1.